The Kier molecular flexibility index (Phi) is 4.94. The van der Waals surface area contributed by atoms with E-state index >= 15 is 0 Å². The first-order chi connectivity index (χ1) is 11.4. The maximum Gasteiger partial charge on any atom is 0.226 e. The maximum atomic E-state index is 12.4. The quantitative estimate of drug-likeness (QED) is 0.638. The highest BCUT2D eigenvalue weighted by Crippen LogP contribution is 2.24. The summed E-state index contributed by atoms with van der Waals surface area (Å²) in [7, 11) is -3.42. The standard InChI is InChI=1S/C17H13Cl2NO3S/c18-14-6-3-5-12(8-14)17-20-15(9-23-17)11-24(21,22)10-13-4-1-2-7-16(13)19/h1-9H,10-11H2. The average Bonchev–Trinajstić information content (AvgIpc) is 2.97. The summed E-state index contributed by atoms with van der Waals surface area (Å²) in [5.74, 6) is -0.0330. The monoisotopic (exact) mass is 381 g/mol. The van der Waals surface area contributed by atoms with Crippen LogP contribution in [0.3, 0.4) is 0 Å². The third-order valence-corrected chi connectivity index (χ3v) is 5.41. The van der Waals surface area contributed by atoms with Gasteiger partial charge in [0.1, 0.15) is 6.26 Å². The molecule has 0 unspecified atom stereocenters. The molecule has 0 saturated carbocycles. The van der Waals surface area contributed by atoms with Crippen molar-refractivity contribution in [2.45, 2.75) is 11.5 Å². The van der Waals surface area contributed by atoms with Gasteiger partial charge in [0, 0.05) is 15.6 Å². The van der Waals surface area contributed by atoms with Gasteiger partial charge in [0.25, 0.3) is 0 Å². The Morgan fingerprint density at radius 2 is 1.79 bits per heavy atom. The fourth-order valence-corrected chi connectivity index (χ4v) is 4.14. The van der Waals surface area contributed by atoms with Crippen molar-refractivity contribution in [3.05, 3.63) is 76.1 Å². The molecule has 0 saturated heterocycles. The van der Waals surface area contributed by atoms with E-state index < -0.39 is 9.84 Å². The van der Waals surface area contributed by atoms with Crippen molar-refractivity contribution in [1.82, 2.24) is 4.98 Å². The maximum absolute atomic E-state index is 12.4. The second kappa shape index (κ2) is 6.97. The van der Waals surface area contributed by atoms with E-state index in [4.69, 9.17) is 27.6 Å². The highest BCUT2D eigenvalue weighted by molar-refractivity contribution is 7.89. The molecule has 124 valence electrons. The third kappa shape index (κ3) is 4.17. The van der Waals surface area contributed by atoms with Gasteiger partial charge >= 0.3 is 0 Å². The predicted octanol–water partition coefficient (Wildman–Crippen LogP) is 4.76. The molecule has 2 aromatic carbocycles. The van der Waals surface area contributed by atoms with Gasteiger partial charge in [-0.1, -0.05) is 47.5 Å². The Morgan fingerprint density at radius 3 is 2.54 bits per heavy atom. The molecule has 3 rings (SSSR count). The van der Waals surface area contributed by atoms with E-state index in [0.29, 0.717) is 32.8 Å². The largest absolute Gasteiger partial charge is 0.444 e. The summed E-state index contributed by atoms with van der Waals surface area (Å²) in [6.07, 6.45) is 1.35. The summed E-state index contributed by atoms with van der Waals surface area (Å²) in [4.78, 5) is 4.23. The number of hydrogen-bond acceptors (Lipinski definition) is 4. The zero-order chi connectivity index (χ0) is 17.2. The first-order valence-electron chi connectivity index (χ1n) is 7.07. The molecule has 1 aromatic heterocycles. The summed E-state index contributed by atoms with van der Waals surface area (Å²) < 4.78 is 30.1. The van der Waals surface area contributed by atoms with Crippen LogP contribution in [0.1, 0.15) is 11.3 Å². The Labute approximate surface area is 150 Å². The number of nitrogens with zero attached hydrogens (tertiary/aromatic N) is 1. The summed E-state index contributed by atoms with van der Waals surface area (Å²) >= 11 is 12.0. The van der Waals surface area contributed by atoms with Crippen LogP contribution in [0.15, 0.2) is 59.2 Å². The highest BCUT2D eigenvalue weighted by atomic mass is 35.5. The van der Waals surface area contributed by atoms with Gasteiger partial charge in [-0.2, -0.15) is 0 Å². The average molecular weight is 382 g/mol. The van der Waals surface area contributed by atoms with E-state index in [1.165, 1.54) is 6.26 Å². The van der Waals surface area contributed by atoms with Gasteiger partial charge in [0.05, 0.1) is 17.2 Å². The van der Waals surface area contributed by atoms with Crippen molar-refractivity contribution in [3.63, 3.8) is 0 Å². The van der Waals surface area contributed by atoms with E-state index in [1.807, 2.05) is 0 Å². The minimum atomic E-state index is -3.42. The molecule has 0 aliphatic heterocycles. The molecule has 0 amide bonds. The molecule has 0 N–H and O–H groups in total. The van der Waals surface area contributed by atoms with Gasteiger partial charge in [-0.15, -0.1) is 0 Å². The highest BCUT2D eigenvalue weighted by Gasteiger charge is 2.18. The van der Waals surface area contributed by atoms with Crippen LogP contribution < -0.4 is 0 Å². The number of sulfone groups is 1. The SMILES string of the molecule is O=S(=O)(Cc1coc(-c2cccc(Cl)c2)n1)Cc1ccccc1Cl. The Morgan fingerprint density at radius 1 is 1.00 bits per heavy atom. The van der Waals surface area contributed by atoms with E-state index in [0.717, 1.165) is 0 Å². The fraction of sp³-hybridized carbons (Fsp3) is 0.118. The van der Waals surface area contributed by atoms with E-state index in [9.17, 15) is 8.42 Å². The number of halogens is 2. The summed E-state index contributed by atoms with van der Waals surface area (Å²) in [6.45, 7) is 0. The normalized spacial score (nSPS) is 11.6. The van der Waals surface area contributed by atoms with Gasteiger partial charge in [-0.25, -0.2) is 13.4 Å². The van der Waals surface area contributed by atoms with Crippen LogP contribution in [0.25, 0.3) is 11.5 Å². The number of benzene rings is 2. The molecule has 7 heteroatoms. The van der Waals surface area contributed by atoms with Crippen LogP contribution in [0, 0.1) is 0 Å². The molecule has 1 heterocycles. The van der Waals surface area contributed by atoms with Crippen molar-refractivity contribution in [2.75, 3.05) is 0 Å². The van der Waals surface area contributed by atoms with Crippen molar-refractivity contribution in [1.29, 1.82) is 0 Å². The lowest BCUT2D eigenvalue weighted by Gasteiger charge is -2.04. The number of hydrogen-bond donors (Lipinski definition) is 0. The fourth-order valence-electron chi connectivity index (χ4n) is 2.26. The van der Waals surface area contributed by atoms with Gasteiger partial charge in [-0.05, 0) is 29.8 Å². The van der Waals surface area contributed by atoms with Crippen LogP contribution in [0.5, 0.6) is 0 Å². The lowest BCUT2D eigenvalue weighted by molar-refractivity contribution is 0.571. The third-order valence-electron chi connectivity index (χ3n) is 3.32. The van der Waals surface area contributed by atoms with Gasteiger partial charge in [0.15, 0.2) is 9.84 Å². The Balaban J connectivity index is 1.78. The minimum absolute atomic E-state index is 0.147. The molecule has 3 aromatic rings. The molecule has 0 aliphatic carbocycles. The van der Waals surface area contributed by atoms with E-state index in [-0.39, 0.29) is 11.5 Å². The molecule has 24 heavy (non-hydrogen) atoms. The number of oxazole rings is 1. The lowest BCUT2D eigenvalue weighted by Crippen LogP contribution is -2.08. The van der Waals surface area contributed by atoms with E-state index in [2.05, 4.69) is 4.98 Å². The second-order valence-corrected chi connectivity index (χ2v) is 8.19. The van der Waals surface area contributed by atoms with Crippen LogP contribution in [-0.4, -0.2) is 13.4 Å². The smallest absolute Gasteiger partial charge is 0.226 e. The van der Waals surface area contributed by atoms with Crippen molar-refractivity contribution < 1.29 is 12.8 Å². The number of rotatable bonds is 5. The first kappa shape index (κ1) is 17.0. The molecule has 0 aliphatic rings. The Bertz CT molecular complexity index is 967. The van der Waals surface area contributed by atoms with E-state index in [1.54, 1.807) is 48.5 Å². The second-order valence-electron chi connectivity index (χ2n) is 5.28. The minimum Gasteiger partial charge on any atom is -0.444 e. The van der Waals surface area contributed by atoms with Crippen molar-refractivity contribution in [3.8, 4) is 11.5 Å². The molecular formula is C17H13Cl2NO3S. The Hall–Kier alpha value is -1.82. The molecule has 0 spiro atoms. The number of aromatic nitrogens is 1. The summed E-state index contributed by atoms with van der Waals surface area (Å²) in [6, 6.07) is 13.9. The lowest BCUT2D eigenvalue weighted by atomic mass is 10.2. The zero-order valence-corrected chi connectivity index (χ0v) is 14.8. The molecule has 0 bridgehead atoms. The topological polar surface area (TPSA) is 60.2 Å². The molecule has 0 fully saturated rings. The molecule has 0 atom stereocenters. The molecule has 0 radical (unpaired) electrons. The van der Waals surface area contributed by atoms with Gasteiger partial charge in [-0.3, -0.25) is 0 Å². The van der Waals surface area contributed by atoms with Crippen molar-refractivity contribution in [2.24, 2.45) is 0 Å². The molecule has 4 nitrogen and oxygen atoms in total. The van der Waals surface area contributed by atoms with Crippen LogP contribution in [0.2, 0.25) is 10.0 Å². The van der Waals surface area contributed by atoms with Crippen molar-refractivity contribution >= 4 is 33.0 Å². The van der Waals surface area contributed by atoms with Crippen LogP contribution >= 0.6 is 23.2 Å². The molecular weight excluding hydrogens is 369 g/mol. The van der Waals surface area contributed by atoms with Gasteiger partial charge < -0.3 is 4.42 Å². The first-order valence-corrected chi connectivity index (χ1v) is 9.65. The van der Waals surface area contributed by atoms with Crippen LogP contribution in [-0.2, 0) is 21.3 Å². The summed E-state index contributed by atoms with van der Waals surface area (Å²) in [5.41, 5.74) is 1.60. The van der Waals surface area contributed by atoms with Gasteiger partial charge in [0.2, 0.25) is 5.89 Å². The summed E-state index contributed by atoms with van der Waals surface area (Å²) in [5, 5.41) is 0.986. The van der Waals surface area contributed by atoms with Crippen LogP contribution in [0.4, 0.5) is 0 Å². The predicted molar refractivity (Wildman–Crippen MR) is 94.7 cm³/mol. The zero-order valence-electron chi connectivity index (χ0n) is 12.4.